The van der Waals surface area contributed by atoms with E-state index in [1.54, 1.807) is 24.9 Å². The second-order valence-corrected chi connectivity index (χ2v) is 5.46. The van der Waals surface area contributed by atoms with Crippen molar-refractivity contribution in [3.05, 3.63) is 52.1 Å². The molecule has 1 aromatic heterocycles. The smallest absolute Gasteiger partial charge is 0.326 e. The van der Waals surface area contributed by atoms with Crippen molar-refractivity contribution in [3.8, 4) is 0 Å². The van der Waals surface area contributed by atoms with Crippen molar-refractivity contribution >= 4 is 23.5 Å². The Balaban J connectivity index is 2.19. The lowest BCUT2D eigenvalue weighted by molar-refractivity contribution is -0.139. The maximum absolute atomic E-state index is 13.4. The predicted molar refractivity (Wildman–Crippen MR) is 81.9 cm³/mol. The van der Waals surface area contributed by atoms with Crippen LogP contribution < -0.4 is 5.32 Å². The number of carbonyl (C=O) groups is 2. The number of carboxylic acid groups (broad SMARTS) is 1. The van der Waals surface area contributed by atoms with Crippen LogP contribution in [0.5, 0.6) is 0 Å². The monoisotopic (exact) mass is 339 g/mol. The van der Waals surface area contributed by atoms with Crippen LogP contribution in [0.2, 0.25) is 5.02 Å². The highest BCUT2D eigenvalue weighted by Gasteiger charge is 2.24. The second-order valence-electron chi connectivity index (χ2n) is 5.08. The summed E-state index contributed by atoms with van der Waals surface area (Å²) in [5.74, 6) is -2.69. The quantitative estimate of drug-likeness (QED) is 0.872. The number of nitrogens with one attached hydrogen (secondary N) is 1. The summed E-state index contributed by atoms with van der Waals surface area (Å²) in [6, 6.07) is 2.60. The number of hydrogen-bond acceptors (Lipinski definition) is 3. The van der Waals surface area contributed by atoms with Gasteiger partial charge in [-0.05, 0) is 24.6 Å². The van der Waals surface area contributed by atoms with Crippen molar-refractivity contribution in [1.82, 2.24) is 15.1 Å². The van der Waals surface area contributed by atoms with Gasteiger partial charge in [-0.25, -0.2) is 9.18 Å². The molecule has 0 saturated heterocycles. The van der Waals surface area contributed by atoms with Gasteiger partial charge in [0.05, 0.1) is 16.3 Å². The Hall–Kier alpha value is -2.41. The summed E-state index contributed by atoms with van der Waals surface area (Å²) in [7, 11) is 1.72. The minimum atomic E-state index is -1.20. The molecule has 0 aliphatic heterocycles. The van der Waals surface area contributed by atoms with Crippen LogP contribution in [0.4, 0.5) is 4.39 Å². The van der Waals surface area contributed by atoms with Crippen molar-refractivity contribution in [1.29, 1.82) is 0 Å². The van der Waals surface area contributed by atoms with Gasteiger partial charge in [-0.15, -0.1) is 0 Å². The molecule has 2 aromatic rings. The molecule has 1 unspecified atom stereocenters. The van der Waals surface area contributed by atoms with Gasteiger partial charge in [0.15, 0.2) is 0 Å². The molecule has 1 heterocycles. The molecule has 0 fully saturated rings. The summed E-state index contributed by atoms with van der Waals surface area (Å²) in [6.07, 6.45) is 1.75. The van der Waals surface area contributed by atoms with Crippen LogP contribution in [0, 0.1) is 12.7 Å². The molecule has 2 N–H and O–H groups in total. The number of hydrogen-bond donors (Lipinski definition) is 2. The van der Waals surface area contributed by atoms with Gasteiger partial charge < -0.3 is 10.4 Å². The average Bonchev–Trinajstić information content (AvgIpc) is 2.78. The number of amides is 1. The van der Waals surface area contributed by atoms with Crippen molar-refractivity contribution in [2.24, 2.45) is 7.05 Å². The highest BCUT2D eigenvalue weighted by molar-refractivity contribution is 6.34. The fourth-order valence-electron chi connectivity index (χ4n) is 2.18. The van der Waals surface area contributed by atoms with E-state index in [1.807, 2.05) is 0 Å². The van der Waals surface area contributed by atoms with Gasteiger partial charge in [0.2, 0.25) is 0 Å². The van der Waals surface area contributed by atoms with Gasteiger partial charge in [-0.3, -0.25) is 9.48 Å². The molecule has 0 radical (unpaired) electrons. The van der Waals surface area contributed by atoms with E-state index in [9.17, 15) is 19.1 Å². The molecular weight excluding hydrogens is 325 g/mol. The van der Waals surface area contributed by atoms with Gasteiger partial charge in [-0.1, -0.05) is 17.7 Å². The molecule has 0 bridgehead atoms. The van der Waals surface area contributed by atoms with Crippen molar-refractivity contribution < 1.29 is 19.1 Å². The molecule has 0 spiro atoms. The first-order valence-corrected chi connectivity index (χ1v) is 7.14. The van der Waals surface area contributed by atoms with E-state index >= 15 is 0 Å². The van der Waals surface area contributed by atoms with Crippen molar-refractivity contribution in [3.63, 3.8) is 0 Å². The topological polar surface area (TPSA) is 84.2 Å². The van der Waals surface area contributed by atoms with Crippen LogP contribution in [0.1, 0.15) is 21.6 Å². The summed E-state index contributed by atoms with van der Waals surface area (Å²) in [5.41, 5.74) is 1.27. The highest BCUT2D eigenvalue weighted by Crippen LogP contribution is 2.19. The molecule has 1 atom stereocenters. The first kappa shape index (κ1) is 17.0. The third-order valence-corrected chi connectivity index (χ3v) is 3.72. The van der Waals surface area contributed by atoms with E-state index in [1.165, 1.54) is 12.1 Å². The predicted octanol–water partition coefficient (Wildman–Crippen LogP) is 1.95. The third kappa shape index (κ3) is 3.87. The minimum Gasteiger partial charge on any atom is -0.480 e. The van der Waals surface area contributed by atoms with Crippen molar-refractivity contribution in [2.75, 3.05) is 0 Å². The van der Waals surface area contributed by atoms with Crippen LogP contribution in [0.15, 0.2) is 24.4 Å². The summed E-state index contributed by atoms with van der Waals surface area (Å²) in [4.78, 5) is 23.6. The van der Waals surface area contributed by atoms with Crippen molar-refractivity contribution in [2.45, 2.75) is 19.4 Å². The SMILES string of the molecule is Cc1nn(C)cc1CC(NC(=O)c1cccc(F)c1Cl)C(=O)O. The number of aromatic nitrogens is 2. The van der Waals surface area contributed by atoms with Crippen LogP contribution in [-0.4, -0.2) is 32.8 Å². The molecule has 122 valence electrons. The zero-order chi connectivity index (χ0) is 17.1. The number of rotatable bonds is 5. The maximum Gasteiger partial charge on any atom is 0.326 e. The Morgan fingerprint density at radius 3 is 2.74 bits per heavy atom. The zero-order valence-electron chi connectivity index (χ0n) is 12.5. The molecule has 8 heteroatoms. The average molecular weight is 340 g/mol. The largest absolute Gasteiger partial charge is 0.480 e. The Kier molecular flexibility index (Phi) is 5.00. The summed E-state index contributed by atoms with van der Waals surface area (Å²) in [5, 5.41) is 15.4. The second kappa shape index (κ2) is 6.78. The van der Waals surface area contributed by atoms with E-state index in [4.69, 9.17) is 11.6 Å². The highest BCUT2D eigenvalue weighted by atomic mass is 35.5. The van der Waals surface area contributed by atoms with E-state index in [-0.39, 0.29) is 17.0 Å². The lowest BCUT2D eigenvalue weighted by Gasteiger charge is -2.15. The molecule has 1 aromatic carbocycles. The number of carbonyl (C=O) groups excluding carboxylic acids is 1. The third-order valence-electron chi connectivity index (χ3n) is 3.34. The number of aliphatic carboxylic acids is 1. The van der Waals surface area contributed by atoms with Crippen LogP contribution >= 0.6 is 11.6 Å². The van der Waals surface area contributed by atoms with E-state index < -0.39 is 23.7 Å². The Labute approximate surface area is 136 Å². The Morgan fingerprint density at radius 2 is 2.17 bits per heavy atom. The number of nitrogens with zero attached hydrogens (tertiary/aromatic N) is 2. The van der Waals surface area contributed by atoms with Gasteiger partial charge in [0.25, 0.3) is 5.91 Å². The molecule has 23 heavy (non-hydrogen) atoms. The van der Waals surface area contributed by atoms with Crippen LogP contribution in [0.3, 0.4) is 0 Å². The standard InChI is InChI=1S/C15H15ClFN3O3/c1-8-9(7-20(2)19-8)6-12(15(22)23)18-14(21)10-4-3-5-11(17)13(10)16/h3-5,7,12H,6H2,1-2H3,(H,18,21)(H,22,23). The number of carboxylic acids is 1. The van der Waals surface area contributed by atoms with Crippen LogP contribution in [-0.2, 0) is 18.3 Å². The Morgan fingerprint density at radius 1 is 1.48 bits per heavy atom. The summed E-state index contributed by atoms with van der Waals surface area (Å²) in [6.45, 7) is 1.75. The first-order valence-electron chi connectivity index (χ1n) is 6.76. The maximum atomic E-state index is 13.4. The molecule has 1 amide bonds. The Bertz CT molecular complexity index is 760. The molecule has 0 aliphatic carbocycles. The summed E-state index contributed by atoms with van der Waals surface area (Å²) < 4.78 is 15.0. The minimum absolute atomic E-state index is 0.0632. The molecule has 2 rings (SSSR count). The number of benzene rings is 1. The van der Waals surface area contributed by atoms with Crippen LogP contribution in [0.25, 0.3) is 0 Å². The molecular formula is C15H15ClFN3O3. The molecule has 0 aliphatic rings. The summed E-state index contributed by atoms with van der Waals surface area (Å²) >= 11 is 5.74. The zero-order valence-corrected chi connectivity index (χ0v) is 13.3. The molecule has 6 nitrogen and oxygen atoms in total. The van der Waals surface area contributed by atoms with E-state index in [0.29, 0.717) is 11.3 Å². The fourth-order valence-corrected chi connectivity index (χ4v) is 2.40. The van der Waals surface area contributed by atoms with E-state index in [0.717, 1.165) is 6.07 Å². The fraction of sp³-hybridized carbons (Fsp3) is 0.267. The van der Waals surface area contributed by atoms with Gasteiger partial charge in [-0.2, -0.15) is 5.10 Å². The first-order chi connectivity index (χ1) is 10.8. The van der Waals surface area contributed by atoms with Gasteiger partial charge in [0.1, 0.15) is 11.9 Å². The number of halogens is 2. The normalized spacial score (nSPS) is 12.0. The molecule has 0 saturated carbocycles. The van der Waals surface area contributed by atoms with E-state index in [2.05, 4.69) is 10.4 Å². The van der Waals surface area contributed by atoms with Gasteiger partial charge in [0, 0.05) is 19.7 Å². The van der Waals surface area contributed by atoms with Gasteiger partial charge >= 0.3 is 5.97 Å². The lowest BCUT2D eigenvalue weighted by Crippen LogP contribution is -2.42. The lowest BCUT2D eigenvalue weighted by atomic mass is 10.1. The number of aryl methyl sites for hydroxylation is 2.